The highest BCUT2D eigenvalue weighted by Gasteiger charge is 2.49. The number of aromatic nitrogens is 2. The number of aryl methyl sites for hydroxylation is 1. The number of nitrogens with one attached hydrogen (secondary N) is 7. The number of carboxylic acids is 1. The van der Waals surface area contributed by atoms with Crippen molar-refractivity contribution in [1.82, 2.24) is 51.7 Å². The maximum absolute atomic E-state index is 15.6. The minimum Gasteiger partial charge on any atom is -0.480 e. The SMILES string of the molecule is BC(OCNC(=O)CNC(=O)C(Cc1ccccc1)NC(=O)CNC(=O)CNC(=O)C(CNCC(=O)O)N1C(=O)C=CC1=O)(C(=O)NC1CCc2c(C)c(F)cc3nc4c(c1c23)Cn1c-4cc2c(c1=O)COC(=O)[C@@H]2CC)C1CC1. The zero-order valence-electron chi connectivity index (χ0n) is 44.0. The second-order valence-electron chi connectivity index (χ2n) is 20.4. The number of carboxylic acid groups (broad SMARTS) is 1. The highest BCUT2D eigenvalue weighted by Crippen LogP contribution is 2.47. The van der Waals surface area contributed by atoms with Crippen molar-refractivity contribution in [3.8, 4) is 11.4 Å². The molecule has 8 amide bonds. The van der Waals surface area contributed by atoms with E-state index < -0.39 is 134 Å². The summed E-state index contributed by atoms with van der Waals surface area (Å²) in [4.78, 5) is 148. The number of hydrogen-bond donors (Lipinski definition) is 8. The molecule has 0 spiro atoms. The first-order chi connectivity index (χ1) is 38.3. The number of rotatable bonds is 23. The molecule has 4 aromatic rings. The minimum atomic E-state index is -1.51. The topological polar surface area (TPSA) is 332 Å². The van der Waals surface area contributed by atoms with Crippen LogP contribution >= 0.6 is 0 Å². The van der Waals surface area contributed by atoms with Crippen molar-refractivity contribution in [3.63, 3.8) is 0 Å². The fraction of sp³-hybridized carbons (Fsp3) is 0.407. The van der Waals surface area contributed by atoms with Gasteiger partial charge in [0.1, 0.15) is 36.7 Å². The molecule has 2 aromatic heterocycles. The van der Waals surface area contributed by atoms with Crippen molar-refractivity contribution in [2.45, 2.75) is 95.1 Å². The summed E-state index contributed by atoms with van der Waals surface area (Å²) in [7, 11) is 1.64. The predicted octanol–water partition coefficient (Wildman–Crippen LogP) is -1.60. The lowest BCUT2D eigenvalue weighted by Crippen LogP contribution is -2.56. The molecule has 1 saturated carbocycles. The average molecular weight is 1100 g/mol. The van der Waals surface area contributed by atoms with Crippen LogP contribution in [0.25, 0.3) is 22.3 Å². The predicted molar refractivity (Wildman–Crippen MR) is 282 cm³/mol. The Balaban J connectivity index is 0.811. The average Bonchev–Trinajstić information content (AvgIpc) is 4.29. The molecule has 0 saturated heterocycles. The van der Waals surface area contributed by atoms with Gasteiger partial charge in [0, 0.05) is 42.1 Å². The number of nitrogens with zero attached hydrogens (tertiary/aromatic N) is 3. The van der Waals surface area contributed by atoms with Gasteiger partial charge in [-0.2, -0.15) is 0 Å². The molecule has 2 aliphatic carbocycles. The lowest BCUT2D eigenvalue weighted by atomic mass is 9.75. The number of cyclic esters (lactones) is 1. The first-order valence-electron chi connectivity index (χ1n) is 26.2. The van der Waals surface area contributed by atoms with E-state index in [0.717, 1.165) is 17.7 Å². The van der Waals surface area contributed by atoms with Crippen LogP contribution in [0.4, 0.5) is 4.39 Å². The van der Waals surface area contributed by atoms with E-state index in [1.165, 1.54) is 6.07 Å². The Labute approximate surface area is 456 Å². The van der Waals surface area contributed by atoms with E-state index in [1.807, 2.05) is 13.0 Å². The highest BCUT2D eigenvalue weighted by molar-refractivity contribution is 6.28. The fourth-order valence-corrected chi connectivity index (χ4v) is 10.8. The van der Waals surface area contributed by atoms with Gasteiger partial charge >= 0.3 is 11.9 Å². The summed E-state index contributed by atoms with van der Waals surface area (Å²) in [5.41, 5.74) is 3.80. The molecule has 9 rings (SSSR count). The number of ether oxygens (including phenoxy) is 2. The number of aliphatic carboxylic acids is 1. The van der Waals surface area contributed by atoms with Crippen LogP contribution in [-0.4, -0.2) is 144 Å². The fourth-order valence-electron chi connectivity index (χ4n) is 10.8. The summed E-state index contributed by atoms with van der Waals surface area (Å²) >= 11 is 0. The molecule has 80 heavy (non-hydrogen) atoms. The van der Waals surface area contributed by atoms with Crippen molar-refractivity contribution in [1.29, 1.82) is 0 Å². The number of carbonyl (C=O) groups is 10. The molecule has 4 unspecified atom stereocenters. The minimum absolute atomic E-state index is 0.0245. The standard InChI is InChI=1S/C54H58BFN10O14/c1-3-29-31-16-38-48-32(23-65(38)51(76)33(31)24-79-52(29)77)47-35(12-11-30-26(2)34(56)17-36(63-48)46(30)47)64-53(78)54(55,28-9-10-28)80-25-61-41(68)20-59-49(74)37(15-27-7-5-4-6-8-27)62-42(69)21-58-40(67)19-60-50(75)39(18-57-22-45(72)73)66-43(70)13-14-44(66)71/h4-8,13-14,16-17,28-29,35,37,39,57H,3,9-12,15,18-25,55H2,1-2H3,(H,58,67)(H,59,74)(H,60,75)(H,61,68)(H,62,69)(H,64,78)(H,72,73)/t29-,35?,37?,39?,54?/m1/s1. The summed E-state index contributed by atoms with van der Waals surface area (Å²) < 4.78 is 28.7. The molecule has 0 bridgehead atoms. The Morgan fingerprint density at radius 1 is 0.875 bits per heavy atom. The van der Waals surface area contributed by atoms with Gasteiger partial charge in [-0.1, -0.05) is 37.3 Å². The number of imide groups is 1. The number of hydrogen-bond acceptors (Lipinski definition) is 15. The van der Waals surface area contributed by atoms with Crippen LogP contribution in [0.1, 0.15) is 83.5 Å². The second kappa shape index (κ2) is 23.4. The van der Waals surface area contributed by atoms with Gasteiger partial charge in [-0.25, -0.2) is 9.37 Å². The van der Waals surface area contributed by atoms with E-state index in [-0.39, 0.29) is 31.0 Å². The van der Waals surface area contributed by atoms with Crippen molar-refractivity contribution < 1.29 is 66.9 Å². The Kier molecular flexibility index (Phi) is 16.4. The molecule has 26 heteroatoms. The quantitative estimate of drug-likeness (QED) is 0.0158. The van der Waals surface area contributed by atoms with Crippen LogP contribution in [0.5, 0.6) is 0 Å². The first-order valence-corrected chi connectivity index (χ1v) is 26.2. The molecule has 0 radical (unpaired) electrons. The van der Waals surface area contributed by atoms with Gasteiger partial charge in [-0.15, -0.1) is 0 Å². The van der Waals surface area contributed by atoms with E-state index in [9.17, 15) is 52.7 Å². The number of fused-ring (bicyclic) bond motifs is 5. The summed E-state index contributed by atoms with van der Waals surface area (Å²) in [6.45, 7) is 0.127. The van der Waals surface area contributed by atoms with Crippen LogP contribution in [0.2, 0.25) is 0 Å². The molecule has 2 aromatic carbocycles. The lowest BCUT2D eigenvalue weighted by Gasteiger charge is -2.34. The Morgan fingerprint density at radius 2 is 1.56 bits per heavy atom. The Hall–Kier alpha value is -8.65. The molecule has 418 valence electrons. The summed E-state index contributed by atoms with van der Waals surface area (Å²) in [6, 6.07) is 8.43. The monoisotopic (exact) mass is 1100 g/mol. The van der Waals surface area contributed by atoms with Crippen molar-refractivity contribution >= 4 is 77.9 Å². The first kappa shape index (κ1) is 56.1. The number of esters is 1. The summed E-state index contributed by atoms with van der Waals surface area (Å²) in [5.74, 6) is -9.14. The second-order valence-corrected chi connectivity index (χ2v) is 20.4. The maximum Gasteiger partial charge on any atom is 0.317 e. The van der Waals surface area contributed by atoms with Crippen LogP contribution < -0.4 is 42.8 Å². The maximum atomic E-state index is 15.6. The summed E-state index contributed by atoms with van der Waals surface area (Å²) in [6.07, 6.45) is 4.40. The van der Waals surface area contributed by atoms with Gasteiger partial charge in [0.05, 0.1) is 67.2 Å². The van der Waals surface area contributed by atoms with E-state index in [2.05, 4.69) is 37.2 Å². The molecule has 24 nitrogen and oxygen atoms in total. The largest absolute Gasteiger partial charge is 0.480 e. The van der Waals surface area contributed by atoms with Gasteiger partial charge in [-0.3, -0.25) is 57.6 Å². The molecule has 1 fully saturated rings. The Morgan fingerprint density at radius 3 is 2.25 bits per heavy atom. The lowest BCUT2D eigenvalue weighted by molar-refractivity contribution is -0.148. The van der Waals surface area contributed by atoms with E-state index >= 15 is 4.39 Å². The van der Waals surface area contributed by atoms with Crippen molar-refractivity contribution in [3.05, 3.63) is 110 Å². The van der Waals surface area contributed by atoms with Crippen molar-refractivity contribution in [2.75, 3.05) is 39.5 Å². The molecule has 5 atom stereocenters. The number of halogens is 1. The smallest absolute Gasteiger partial charge is 0.317 e. The van der Waals surface area contributed by atoms with Crippen LogP contribution in [-0.2, 0) is 83.4 Å². The van der Waals surface area contributed by atoms with Crippen molar-refractivity contribution in [2.24, 2.45) is 5.92 Å². The molecular weight excluding hydrogens is 1040 g/mol. The van der Waals surface area contributed by atoms with Crippen LogP contribution in [0.15, 0.2) is 59.4 Å². The van der Waals surface area contributed by atoms with Crippen LogP contribution in [0.3, 0.4) is 0 Å². The molecule has 8 N–H and O–H groups in total. The molecule has 5 heterocycles. The molecule has 3 aliphatic heterocycles. The third-order valence-corrected chi connectivity index (χ3v) is 15.2. The number of carbonyl (C=O) groups excluding carboxylic acids is 9. The molecule has 5 aliphatic rings. The normalized spacial score (nSPS) is 18.2. The van der Waals surface area contributed by atoms with E-state index in [4.69, 9.17) is 19.6 Å². The third kappa shape index (κ3) is 11.6. The number of amides is 8. The van der Waals surface area contributed by atoms with Gasteiger partial charge in [0.25, 0.3) is 17.4 Å². The van der Waals surface area contributed by atoms with Gasteiger partial charge < -0.3 is 56.4 Å². The molecular formula is C54H58BFN10O14. The number of benzene rings is 2. The van der Waals surface area contributed by atoms with Gasteiger partial charge in [0.2, 0.25) is 35.4 Å². The summed E-state index contributed by atoms with van der Waals surface area (Å²) in [5, 5.41) is 27.5. The zero-order valence-corrected chi connectivity index (χ0v) is 44.0. The van der Waals surface area contributed by atoms with E-state index in [0.29, 0.717) is 92.7 Å². The van der Waals surface area contributed by atoms with Gasteiger partial charge in [0.15, 0.2) is 7.85 Å². The van der Waals surface area contributed by atoms with E-state index in [1.54, 1.807) is 49.7 Å². The Bertz CT molecular complexity index is 3350. The third-order valence-electron chi connectivity index (χ3n) is 15.2. The van der Waals surface area contributed by atoms with Crippen LogP contribution in [0, 0.1) is 18.7 Å². The highest BCUT2D eigenvalue weighted by atomic mass is 19.1. The zero-order chi connectivity index (χ0) is 57.2. The van der Waals surface area contributed by atoms with Gasteiger partial charge in [-0.05, 0) is 78.8 Å². The number of pyridine rings is 2.